The van der Waals surface area contributed by atoms with Crippen LogP contribution < -0.4 is 0 Å². The van der Waals surface area contributed by atoms with Gasteiger partial charge in [0.15, 0.2) is 0 Å². The van der Waals surface area contributed by atoms with Crippen molar-refractivity contribution in [3.8, 4) is 11.1 Å². The fourth-order valence-corrected chi connectivity index (χ4v) is 5.10. The molecule has 2 aliphatic rings. The molecule has 1 aliphatic carbocycles. The van der Waals surface area contributed by atoms with Crippen LogP contribution in [-0.4, -0.2) is 35.5 Å². The third-order valence-corrected chi connectivity index (χ3v) is 7.28. The van der Waals surface area contributed by atoms with E-state index in [4.69, 9.17) is 16.3 Å². The Kier molecular flexibility index (Phi) is 8.52. The number of ether oxygens (including phenoxy) is 1. The number of benzene rings is 2. The van der Waals surface area contributed by atoms with Gasteiger partial charge >= 0.3 is 24.6 Å². The van der Waals surface area contributed by atoms with Crippen LogP contribution >= 0.6 is 11.6 Å². The van der Waals surface area contributed by atoms with Crippen molar-refractivity contribution in [2.24, 2.45) is 0 Å². The number of carbonyl (C=O) groups excluding carboxylic acids is 1. The largest absolute Gasteiger partial charge is 0.439 e. The SMILES string of the molecule is Cc1ccc(Cl)c(-c2ccc(C(F)(F)F)cc2CN2C(=O)OC(C3=CC(CC(F)(F)F)=CCC(C(F)(F)F)=C3)C2C)c1. The second-order valence-electron chi connectivity index (χ2n) is 10.1. The predicted molar refractivity (Wildman–Crippen MR) is 137 cm³/mol. The fraction of sp³-hybridized carbons (Fsp3) is 0.345. The lowest BCUT2D eigenvalue weighted by molar-refractivity contribution is -0.137. The van der Waals surface area contributed by atoms with E-state index in [0.29, 0.717) is 11.6 Å². The molecule has 3 nitrogen and oxygen atoms in total. The van der Waals surface area contributed by atoms with Gasteiger partial charge in [-0.25, -0.2) is 4.79 Å². The Morgan fingerprint density at radius 2 is 1.62 bits per heavy atom. The molecule has 1 saturated heterocycles. The normalized spacial score (nSPS) is 20.1. The minimum atomic E-state index is -4.87. The number of hydrogen-bond donors (Lipinski definition) is 0. The molecule has 0 aromatic heterocycles. The van der Waals surface area contributed by atoms with Gasteiger partial charge < -0.3 is 4.74 Å². The van der Waals surface area contributed by atoms with E-state index in [-0.39, 0.29) is 21.7 Å². The summed E-state index contributed by atoms with van der Waals surface area (Å²) in [5.74, 6) is 0. The van der Waals surface area contributed by atoms with Crippen molar-refractivity contribution in [1.29, 1.82) is 0 Å². The molecule has 226 valence electrons. The van der Waals surface area contributed by atoms with E-state index in [1.165, 1.54) is 13.0 Å². The molecule has 2 atom stereocenters. The van der Waals surface area contributed by atoms with E-state index >= 15 is 0 Å². The first-order chi connectivity index (χ1) is 19.3. The molecule has 1 fully saturated rings. The number of aryl methyl sites for hydroxylation is 1. The quantitative estimate of drug-likeness (QED) is 0.310. The summed E-state index contributed by atoms with van der Waals surface area (Å²) in [6, 6.07) is 6.77. The number of hydrogen-bond acceptors (Lipinski definition) is 2. The summed E-state index contributed by atoms with van der Waals surface area (Å²) in [4.78, 5) is 14.0. The Morgan fingerprint density at radius 3 is 2.24 bits per heavy atom. The molecular formula is C29H23ClF9NO2. The van der Waals surface area contributed by atoms with E-state index in [1.807, 2.05) is 0 Å². The van der Waals surface area contributed by atoms with E-state index < -0.39 is 72.9 Å². The minimum absolute atomic E-state index is 0.0285. The lowest BCUT2D eigenvalue weighted by Gasteiger charge is -2.24. The Bertz CT molecular complexity index is 1470. The van der Waals surface area contributed by atoms with Crippen LogP contribution in [0.5, 0.6) is 0 Å². The molecule has 42 heavy (non-hydrogen) atoms. The lowest BCUT2D eigenvalue weighted by atomic mass is 9.94. The number of carbonyl (C=O) groups is 1. The molecule has 1 amide bonds. The molecule has 4 rings (SSSR count). The third-order valence-electron chi connectivity index (χ3n) is 6.95. The van der Waals surface area contributed by atoms with Crippen LogP contribution in [0.25, 0.3) is 11.1 Å². The first kappa shape index (κ1) is 31.5. The van der Waals surface area contributed by atoms with Gasteiger partial charge in [0.2, 0.25) is 0 Å². The Labute approximate surface area is 239 Å². The van der Waals surface area contributed by atoms with Crippen LogP contribution in [0.4, 0.5) is 44.3 Å². The van der Waals surface area contributed by atoms with Crippen molar-refractivity contribution >= 4 is 17.7 Å². The fourth-order valence-electron chi connectivity index (χ4n) is 4.88. The molecule has 1 heterocycles. The monoisotopic (exact) mass is 623 g/mol. The van der Waals surface area contributed by atoms with Crippen LogP contribution in [0.2, 0.25) is 5.02 Å². The summed E-state index contributed by atoms with van der Waals surface area (Å²) in [6.07, 6.45) is -16.7. The van der Waals surface area contributed by atoms with Crippen LogP contribution in [0.3, 0.4) is 0 Å². The molecule has 2 aromatic carbocycles. The smallest absolute Gasteiger partial charge is 0.416 e. The maximum Gasteiger partial charge on any atom is 0.416 e. The molecule has 0 N–H and O–H groups in total. The maximum absolute atomic E-state index is 13.6. The summed E-state index contributed by atoms with van der Waals surface area (Å²) in [5.41, 5.74) is -1.44. The van der Waals surface area contributed by atoms with Crippen LogP contribution in [0.15, 0.2) is 71.3 Å². The standard InChI is InChI=1S/C29H23ClF9NO2/c1-15-3-8-24(30)23(9-15)22-7-6-21(29(37,38)39)12-19(22)14-40-16(2)25(42-26(40)41)18-10-17(13-27(31,32)33)4-5-20(11-18)28(34,35)36/h3-4,6-12,16,25H,5,13-14H2,1-2H3. The lowest BCUT2D eigenvalue weighted by Crippen LogP contribution is -2.34. The van der Waals surface area contributed by atoms with Gasteiger partial charge in [0.05, 0.1) is 24.6 Å². The van der Waals surface area contributed by atoms with E-state index in [2.05, 4.69) is 0 Å². The van der Waals surface area contributed by atoms with E-state index in [0.717, 1.165) is 34.7 Å². The number of amides is 1. The van der Waals surface area contributed by atoms with Gasteiger partial charge in [0.25, 0.3) is 0 Å². The Morgan fingerprint density at radius 1 is 0.929 bits per heavy atom. The van der Waals surface area contributed by atoms with Crippen molar-refractivity contribution in [3.05, 3.63) is 93.1 Å². The first-order valence-corrected chi connectivity index (χ1v) is 12.9. The Hall–Kier alpha value is -3.41. The maximum atomic E-state index is 13.6. The van der Waals surface area contributed by atoms with Gasteiger partial charge in [-0.3, -0.25) is 4.90 Å². The van der Waals surface area contributed by atoms with Crippen LogP contribution in [-0.2, 0) is 17.5 Å². The average molecular weight is 624 g/mol. The second kappa shape index (κ2) is 11.3. The van der Waals surface area contributed by atoms with E-state index in [9.17, 15) is 44.3 Å². The minimum Gasteiger partial charge on any atom is -0.439 e. The second-order valence-corrected chi connectivity index (χ2v) is 10.5. The Balaban J connectivity index is 1.74. The van der Waals surface area contributed by atoms with Crippen molar-refractivity contribution < 1.29 is 49.0 Å². The van der Waals surface area contributed by atoms with Crippen molar-refractivity contribution in [1.82, 2.24) is 4.90 Å². The van der Waals surface area contributed by atoms with Gasteiger partial charge in [-0.1, -0.05) is 41.4 Å². The molecule has 0 bridgehead atoms. The van der Waals surface area contributed by atoms with Gasteiger partial charge in [-0.2, -0.15) is 39.5 Å². The van der Waals surface area contributed by atoms with Crippen LogP contribution in [0.1, 0.15) is 36.5 Å². The summed E-state index contributed by atoms with van der Waals surface area (Å²) < 4.78 is 126. The predicted octanol–water partition coefficient (Wildman–Crippen LogP) is 9.74. The average Bonchev–Trinajstić information content (AvgIpc) is 3.00. The summed E-state index contributed by atoms with van der Waals surface area (Å²) in [5, 5.41) is 0.231. The highest BCUT2D eigenvalue weighted by molar-refractivity contribution is 6.33. The van der Waals surface area contributed by atoms with Crippen LogP contribution in [0, 0.1) is 6.92 Å². The number of halogens is 10. The van der Waals surface area contributed by atoms with Gasteiger partial charge in [-0.15, -0.1) is 0 Å². The van der Waals surface area contributed by atoms with Crippen molar-refractivity contribution in [2.75, 3.05) is 0 Å². The van der Waals surface area contributed by atoms with Crippen molar-refractivity contribution in [3.63, 3.8) is 0 Å². The third kappa shape index (κ3) is 7.14. The molecule has 2 unspecified atom stereocenters. The summed E-state index contributed by atoms with van der Waals surface area (Å²) in [7, 11) is 0. The topological polar surface area (TPSA) is 29.5 Å². The number of cyclic esters (lactones) is 1. The summed E-state index contributed by atoms with van der Waals surface area (Å²) >= 11 is 6.34. The number of allylic oxidation sites excluding steroid dienone is 4. The summed E-state index contributed by atoms with van der Waals surface area (Å²) in [6.45, 7) is 2.69. The first-order valence-electron chi connectivity index (χ1n) is 12.5. The molecule has 13 heteroatoms. The van der Waals surface area contributed by atoms with Gasteiger partial charge in [0.1, 0.15) is 6.10 Å². The molecular weight excluding hydrogens is 601 g/mol. The zero-order chi connectivity index (χ0) is 31.2. The molecule has 0 radical (unpaired) electrons. The number of nitrogens with zero attached hydrogens (tertiary/aromatic N) is 1. The molecule has 2 aromatic rings. The highest BCUT2D eigenvalue weighted by atomic mass is 35.5. The highest BCUT2D eigenvalue weighted by Gasteiger charge is 2.43. The number of rotatable bonds is 5. The molecule has 0 spiro atoms. The number of alkyl halides is 9. The van der Waals surface area contributed by atoms with E-state index in [1.54, 1.807) is 25.1 Å². The zero-order valence-corrected chi connectivity index (χ0v) is 22.8. The van der Waals surface area contributed by atoms with Gasteiger partial charge in [-0.05, 0) is 72.9 Å². The zero-order valence-electron chi connectivity index (χ0n) is 22.0. The van der Waals surface area contributed by atoms with Gasteiger partial charge in [0, 0.05) is 16.2 Å². The van der Waals surface area contributed by atoms with Crippen molar-refractivity contribution in [2.45, 2.75) is 63.9 Å². The highest BCUT2D eigenvalue weighted by Crippen LogP contribution is 2.40. The molecule has 0 saturated carbocycles. The molecule has 1 aliphatic heterocycles.